The molecule has 0 saturated carbocycles. The van der Waals surface area contributed by atoms with E-state index in [9.17, 15) is 9.90 Å². The van der Waals surface area contributed by atoms with Crippen molar-refractivity contribution in [3.63, 3.8) is 0 Å². The van der Waals surface area contributed by atoms with Crippen molar-refractivity contribution in [2.45, 2.75) is 18.9 Å². The molecule has 1 N–H and O–H groups in total. The van der Waals surface area contributed by atoms with E-state index in [1.165, 1.54) is 0 Å². The second-order valence-corrected chi connectivity index (χ2v) is 3.06. The Morgan fingerprint density at radius 2 is 2.40 bits per heavy atom. The number of aliphatic carboxylic acids is 1. The van der Waals surface area contributed by atoms with Gasteiger partial charge in [0.15, 0.2) is 0 Å². The van der Waals surface area contributed by atoms with Gasteiger partial charge in [-0.05, 0) is 31.5 Å². The molecule has 0 amide bonds. The Hall–Kier alpha value is -0.823. The first-order valence-electron chi connectivity index (χ1n) is 4.51. The van der Waals surface area contributed by atoms with E-state index in [2.05, 4.69) is 10.3 Å². The number of aromatic nitrogens is 1. The molecule has 76 valence electrons. The summed E-state index contributed by atoms with van der Waals surface area (Å²) in [4.78, 5) is 14.5. The summed E-state index contributed by atoms with van der Waals surface area (Å²) in [7, 11) is 1.61. The van der Waals surface area contributed by atoms with Crippen molar-refractivity contribution in [1.82, 2.24) is 10.3 Å². The van der Waals surface area contributed by atoms with Gasteiger partial charge in [-0.2, -0.15) is 0 Å². The number of likely N-dealkylation sites (N-methyl/N-ethyl adjacent to an activating group) is 1. The van der Waals surface area contributed by atoms with Gasteiger partial charge in [-0.3, -0.25) is 4.98 Å². The number of aryl methyl sites for hydroxylation is 1. The van der Waals surface area contributed by atoms with Crippen molar-refractivity contribution in [3.05, 3.63) is 30.1 Å². The third-order valence-corrected chi connectivity index (χ3v) is 2.08. The quantitative estimate of drug-likeness (QED) is 0.498. The van der Waals surface area contributed by atoms with Gasteiger partial charge in [-0.25, -0.2) is 0 Å². The van der Waals surface area contributed by atoms with E-state index in [-0.39, 0.29) is 18.9 Å². The third-order valence-electron chi connectivity index (χ3n) is 2.08. The molecule has 15 heavy (non-hydrogen) atoms. The Bertz CT molecular complexity index is 293. The SMILES string of the molecule is CN[C@H](CCc1cccnc1)C(=O)[O-].[Li+]. The number of hydrogen-bond acceptors (Lipinski definition) is 4. The second kappa shape index (κ2) is 7.47. The Kier molecular flexibility index (Phi) is 7.06. The first-order chi connectivity index (χ1) is 6.74. The Morgan fingerprint density at radius 3 is 2.87 bits per heavy atom. The van der Waals surface area contributed by atoms with Crippen LogP contribution >= 0.6 is 0 Å². The molecule has 1 rings (SSSR count). The summed E-state index contributed by atoms with van der Waals surface area (Å²) >= 11 is 0. The van der Waals surface area contributed by atoms with Crippen molar-refractivity contribution < 1.29 is 28.8 Å². The minimum absolute atomic E-state index is 0. The largest absolute Gasteiger partial charge is 1.00 e. The summed E-state index contributed by atoms with van der Waals surface area (Å²) < 4.78 is 0. The van der Waals surface area contributed by atoms with Gasteiger partial charge in [-0.1, -0.05) is 6.07 Å². The van der Waals surface area contributed by atoms with E-state index in [0.29, 0.717) is 12.8 Å². The van der Waals surface area contributed by atoms with E-state index in [4.69, 9.17) is 0 Å². The van der Waals surface area contributed by atoms with Crippen LogP contribution in [0.1, 0.15) is 12.0 Å². The molecule has 0 saturated heterocycles. The maximum atomic E-state index is 10.6. The Balaban J connectivity index is 0.00000196. The summed E-state index contributed by atoms with van der Waals surface area (Å²) in [6, 6.07) is 3.17. The van der Waals surface area contributed by atoms with Crippen LogP contribution in [0.25, 0.3) is 0 Å². The van der Waals surface area contributed by atoms with E-state index in [0.717, 1.165) is 5.56 Å². The van der Waals surface area contributed by atoms with Crippen LogP contribution in [-0.4, -0.2) is 24.0 Å². The molecule has 0 radical (unpaired) electrons. The molecule has 0 bridgehead atoms. The fraction of sp³-hybridized carbons (Fsp3) is 0.400. The van der Waals surface area contributed by atoms with Crippen LogP contribution in [0, 0.1) is 0 Å². The first-order valence-corrected chi connectivity index (χ1v) is 4.51. The van der Waals surface area contributed by atoms with E-state index in [1.54, 1.807) is 19.4 Å². The van der Waals surface area contributed by atoms with Crippen LogP contribution in [0.2, 0.25) is 0 Å². The van der Waals surface area contributed by atoms with Crippen LogP contribution in [-0.2, 0) is 11.2 Å². The minimum Gasteiger partial charge on any atom is -0.548 e. The molecular weight excluding hydrogens is 187 g/mol. The van der Waals surface area contributed by atoms with Crippen molar-refractivity contribution in [2.75, 3.05) is 7.05 Å². The summed E-state index contributed by atoms with van der Waals surface area (Å²) in [6.07, 6.45) is 4.64. The Labute approximate surface area is 101 Å². The van der Waals surface area contributed by atoms with Gasteiger partial charge in [0.2, 0.25) is 0 Å². The fourth-order valence-electron chi connectivity index (χ4n) is 1.24. The second-order valence-electron chi connectivity index (χ2n) is 3.06. The van der Waals surface area contributed by atoms with Crippen LogP contribution in [0.3, 0.4) is 0 Å². The molecule has 5 heteroatoms. The van der Waals surface area contributed by atoms with Crippen molar-refractivity contribution in [2.24, 2.45) is 0 Å². The molecule has 0 fully saturated rings. The summed E-state index contributed by atoms with van der Waals surface area (Å²) in [5.74, 6) is -1.06. The number of hydrogen-bond donors (Lipinski definition) is 1. The van der Waals surface area contributed by atoms with Crippen LogP contribution in [0.5, 0.6) is 0 Å². The summed E-state index contributed by atoms with van der Waals surface area (Å²) in [5.41, 5.74) is 1.04. The van der Waals surface area contributed by atoms with Gasteiger partial charge in [0.1, 0.15) is 0 Å². The van der Waals surface area contributed by atoms with Crippen molar-refractivity contribution >= 4 is 5.97 Å². The van der Waals surface area contributed by atoms with Gasteiger partial charge in [-0.15, -0.1) is 0 Å². The van der Waals surface area contributed by atoms with Gasteiger partial charge in [0.05, 0.1) is 5.97 Å². The normalized spacial score (nSPS) is 11.5. The molecule has 1 heterocycles. The molecule has 1 aromatic rings. The molecular formula is C10H13LiN2O2. The van der Waals surface area contributed by atoms with Gasteiger partial charge >= 0.3 is 18.9 Å². The maximum Gasteiger partial charge on any atom is 1.00 e. The smallest absolute Gasteiger partial charge is 0.548 e. The van der Waals surface area contributed by atoms with Gasteiger partial charge < -0.3 is 15.2 Å². The number of nitrogens with one attached hydrogen (secondary N) is 1. The standard InChI is InChI=1S/C10H14N2O2.Li/c1-11-9(10(13)14)5-4-8-3-2-6-12-7-8;/h2-3,6-7,9,11H,4-5H2,1H3,(H,13,14);/q;+1/p-1/t9-;/m1./s1. The number of carbonyl (C=O) groups excluding carboxylic acids is 1. The zero-order valence-electron chi connectivity index (χ0n) is 9.06. The molecule has 0 spiro atoms. The van der Waals surface area contributed by atoms with Crippen molar-refractivity contribution in [3.8, 4) is 0 Å². The molecule has 0 aliphatic carbocycles. The average molecular weight is 200 g/mol. The molecule has 0 unspecified atom stereocenters. The molecule has 1 atom stereocenters. The topological polar surface area (TPSA) is 65.0 Å². The number of pyridine rings is 1. The molecule has 1 aromatic heterocycles. The van der Waals surface area contributed by atoms with E-state index in [1.807, 2.05) is 12.1 Å². The Morgan fingerprint density at radius 1 is 1.67 bits per heavy atom. The monoisotopic (exact) mass is 200 g/mol. The van der Waals surface area contributed by atoms with Crippen LogP contribution in [0.15, 0.2) is 24.5 Å². The fourth-order valence-corrected chi connectivity index (χ4v) is 1.24. The first kappa shape index (κ1) is 14.2. The molecule has 0 aromatic carbocycles. The number of nitrogens with zero attached hydrogens (tertiary/aromatic N) is 1. The molecule has 0 aliphatic heterocycles. The van der Waals surface area contributed by atoms with Crippen LogP contribution < -0.4 is 29.3 Å². The molecule has 4 nitrogen and oxygen atoms in total. The predicted octanol–water partition coefficient (Wildman–Crippen LogP) is -3.64. The predicted molar refractivity (Wildman–Crippen MR) is 50.4 cm³/mol. The number of carboxylic acids is 1. The van der Waals surface area contributed by atoms with Gasteiger partial charge in [0.25, 0.3) is 0 Å². The zero-order chi connectivity index (χ0) is 10.4. The maximum absolute atomic E-state index is 10.6. The zero-order valence-corrected chi connectivity index (χ0v) is 9.06. The summed E-state index contributed by atoms with van der Waals surface area (Å²) in [6.45, 7) is 0. The minimum atomic E-state index is -1.06. The molecule has 0 aliphatic rings. The summed E-state index contributed by atoms with van der Waals surface area (Å²) in [5, 5.41) is 13.3. The van der Waals surface area contributed by atoms with Crippen molar-refractivity contribution in [1.29, 1.82) is 0 Å². The number of carbonyl (C=O) groups is 1. The van der Waals surface area contributed by atoms with E-state index < -0.39 is 12.0 Å². The number of carboxylic acid groups (broad SMARTS) is 1. The third kappa shape index (κ3) is 4.98. The van der Waals surface area contributed by atoms with Gasteiger partial charge in [0, 0.05) is 18.4 Å². The van der Waals surface area contributed by atoms with Crippen LogP contribution in [0.4, 0.5) is 0 Å². The van der Waals surface area contributed by atoms with E-state index >= 15 is 0 Å². The average Bonchev–Trinajstić information content (AvgIpc) is 2.20. The number of rotatable bonds is 5.